The van der Waals surface area contributed by atoms with Gasteiger partial charge in [-0.1, -0.05) is 85.4 Å². The molecule has 0 fully saturated rings. The lowest BCUT2D eigenvalue weighted by Crippen LogP contribution is -2.23. The van der Waals surface area contributed by atoms with Crippen molar-refractivity contribution < 1.29 is 0 Å². The van der Waals surface area contributed by atoms with E-state index in [1.165, 1.54) is 31.2 Å². The fraction of sp³-hybridized carbons (Fsp3) is 0.583. The summed E-state index contributed by atoms with van der Waals surface area (Å²) >= 11 is 0. The van der Waals surface area contributed by atoms with Gasteiger partial charge in [0.25, 0.3) is 0 Å². The Morgan fingerprint density at radius 3 is 2.04 bits per heavy atom. The van der Waals surface area contributed by atoms with Crippen LogP contribution in [-0.4, -0.2) is 6.54 Å². The van der Waals surface area contributed by atoms with Crippen LogP contribution in [0.2, 0.25) is 0 Å². The highest BCUT2D eigenvalue weighted by atomic mass is 15.1. The number of anilines is 1. The molecule has 25 heavy (non-hydrogen) atoms. The molecule has 1 rings (SSSR count). The Labute approximate surface area is 156 Å². The molecule has 0 aliphatic carbocycles. The van der Waals surface area contributed by atoms with Gasteiger partial charge in [-0.15, -0.1) is 6.42 Å². The second-order valence-electron chi connectivity index (χ2n) is 8.51. The highest BCUT2D eigenvalue weighted by molar-refractivity contribution is 5.56. The minimum Gasteiger partial charge on any atom is -0.335 e. The molecule has 0 amide bonds. The molecule has 0 atom stereocenters. The summed E-state index contributed by atoms with van der Waals surface area (Å²) in [6, 6.07) is 8.76. The van der Waals surface area contributed by atoms with Crippen molar-refractivity contribution in [2.75, 3.05) is 11.4 Å². The number of allylic oxidation sites excluding steroid dienone is 1. The van der Waals surface area contributed by atoms with E-state index < -0.39 is 0 Å². The first kappa shape index (κ1) is 21.4. The summed E-state index contributed by atoms with van der Waals surface area (Å²) in [5, 5.41) is 0. The Bertz CT molecular complexity index is 576. The first-order valence-electron chi connectivity index (χ1n) is 9.70. The zero-order valence-electron chi connectivity index (χ0n) is 17.3. The molecule has 0 aromatic heterocycles. The largest absolute Gasteiger partial charge is 0.335 e. The van der Waals surface area contributed by atoms with Gasteiger partial charge in [-0.2, -0.15) is 0 Å². The van der Waals surface area contributed by atoms with Crippen molar-refractivity contribution in [3.63, 3.8) is 0 Å². The van der Waals surface area contributed by atoms with Crippen LogP contribution in [0.4, 0.5) is 5.69 Å². The third-order valence-electron chi connectivity index (χ3n) is 5.66. The molecule has 0 bridgehead atoms. The molecule has 0 aliphatic heterocycles. The predicted octanol–water partition coefficient (Wildman–Crippen LogP) is 6.93. The fourth-order valence-electron chi connectivity index (χ4n) is 3.06. The summed E-state index contributed by atoms with van der Waals surface area (Å²) in [6.45, 7) is 18.7. The second-order valence-corrected chi connectivity index (χ2v) is 8.51. The number of unbranched alkanes of at least 4 members (excludes halogenated alkanes) is 1. The van der Waals surface area contributed by atoms with E-state index in [-0.39, 0.29) is 5.41 Å². The van der Waals surface area contributed by atoms with E-state index in [1.54, 1.807) is 0 Å². The van der Waals surface area contributed by atoms with Crippen LogP contribution in [-0.2, 0) is 5.41 Å². The summed E-state index contributed by atoms with van der Waals surface area (Å²) in [4.78, 5) is 2.18. The minimum absolute atomic E-state index is 0.164. The topological polar surface area (TPSA) is 3.24 Å². The van der Waals surface area contributed by atoms with Crippen LogP contribution in [0, 0.1) is 17.8 Å². The van der Waals surface area contributed by atoms with Crippen molar-refractivity contribution in [3.05, 3.63) is 42.1 Å². The first-order valence-corrected chi connectivity index (χ1v) is 9.70. The van der Waals surface area contributed by atoms with Crippen LogP contribution in [0.5, 0.6) is 0 Å². The van der Waals surface area contributed by atoms with Crippen molar-refractivity contribution in [2.24, 2.45) is 5.41 Å². The molecule has 138 valence electrons. The first-order chi connectivity index (χ1) is 11.7. The molecular formula is C24H37N. The van der Waals surface area contributed by atoms with Crippen molar-refractivity contribution in [1.82, 2.24) is 0 Å². The van der Waals surface area contributed by atoms with Crippen molar-refractivity contribution in [3.8, 4) is 12.3 Å². The third kappa shape index (κ3) is 6.28. The molecule has 0 saturated heterocycles. The fourth-order valence-corrected chi connectivity index (χ4v) is 3.06. The highest BCUT2D eigenvalue weighted by Gasteiger charge is 2.19. The number of benzene rings is 1. The predicted molar refractivity (Wildman–Crippen MR) is 113 cm³/mol. The maximum Gasteiger partial charge on any atom is 0.0848 e. The molecule has 0 saturated carbocycles. The van der Waals surface area contributed by atoms with E-state index in [2.05, 4.69) is 83.2 Å². The second kappa shape index (κ2) is 9.14. The molecular weight excluding hydrogens is 302 g/mol. The molecule has 1 heteroatoms. The highest BCUT2D eigenvalue weighted by Crippen LogP contribution is 2.32. The Morgan fingerprint density at radius 1 is 1.04 bits per heavy atom. The van der Waals surface area contributed by atoms with E-state index in [9.17, 15) is 0 Å². The normalized spacial score (nSPS) is 11.9. The molecule has 0 spiro atoms. The molecule has 1 nitrogen and oxygen atoms in total. The molecule has 0 radical (unpaired) electrons. The summed E-state index contributed by atoms with van der Waals surface area (Å²) in [6.07, 6.45) is 11.8. The minimum atomic E-state index is 0.164. The Morgan fingerprint density at radius 2 is 1.60 bits per heavy atom. The van der Waals surface area contributed by atoms with Crippen LogP contribution in [0.25, 0.3) is 0 Å². The summed E-state index contributed by atoms with van der Waals surface area (Å²) in [5.41, 5.74) is 3.87. The quantitative estimate of drug-likeness (QED) is 0.348. The molecule has 1 aromatic rings. The van der Waals surface area contributed by atoms with Crippen molar-refractivity contribution in [1.29, 1.82) is 0 Å². The standard InChI is InChI=1S/C24H37N/c1-9-20(4)25(19-13-12-18-24(8,10-2)11-3)22-16-14-21(15-17-22)23(5,6)7/h1,14-17H,4,10-13,18-19H2,2-3,5-8H3. The molecule has 0 N–H and O–H groups in total. The van der Waals surface area contributed by atoms with Gasteiger partial charge < -0.3 is 4.90 Å². The van der Waals surface area contributed by atoms with E-state index >= 15 is 0 Å². The van der Waals surface area contributed by atoms with Gasteiger partial charge in [0.15, 0.2) is 0 Å². The van der Waals surface area contributed by atoms with E-state index in [4.69, 9.17) is 6.42 Å². The van der Waals surface area contributed by atoms with Gasteiger partial charge in [0, 0.05) is 12.2 Å². The Balaban J connectivity index is 2.76. The lowest BCUT2D eigenvalue weighted by molar-refractivity contribution is 0.264. The summed E-state index contributed by atoms with van der Waals surface area (Å²) in [5.74, 6) is 2.72. The van der Waals surface area contributed by atoms with Crippen LogP contribution in [0.15, 0.2) is 36.5 Å². The van der Waals surface area contributed by atoms with Gasteiger partial charge >= 0.3 is 0 Å². The molecule has 0 unspecified atom stereocenters. The van der Waals surface area contributed by atoms with Gasteiger partial charge in [0.05, 0.1) is 5.70 Å². The maximum absolute atomic E-state index is 5.63. The van der Waals surface area contributed by atoms with Crippen molar-refractivity contribution >= 4 is 5.69 Å². The summed E-state index contributed by atoms with van der Waals surface area (Å²) < 4.78 is 0. The molecule has 0 aliphatic rings. The van der Waals surface area contributed by atoms with Gasteiger partial charge in [-0.3, -0.25) is 0 Å². The third-order valence-corrected chi connectivity index (χ3v) is 5.66. The smallest absolute Gasteiger partial charge is 0.0848 e. The summed E-state index contributed by atoms with van der Waals surface area (Å²) in [7, 11) is 0. The van der Waals surface area contributed by atoms with Gasteiger partial charge in [-0.25, -0.2) is 0 Å². The van der Waals surface area contributed by atoms with Gasteiger partial charge in [0.1, 0.15) is 0 Å². The molecule has 1 aromatic carbocycles. The average Bonchev–Trinajstić information content (AvgIpc) is 2.60. The number of hydrogen-bond acceptors (Lipinski definition) is 1. The maximum atomic E-state index is 5.63. The zero-order chi connectivity index (χ0) is 19.1. The van der Waals surface area contributed by atoms with Gasteiger partial charge in [-0.05, 0) is 41.4 Å². The van der Waals surface area contributed by atoms with Crippen LogP contribution in [0.1, 0.15) is 79.2 Å². The van der Waals surface area contributed by atoms with Crippen LogP contribution < -0.4 is 4.90 Å². The number of rotatable bonds is 9. The van der Waals surface area contributed by atoms with Crippen LogP contribution in [0.3, 0.4) is 0 Å². The lowest BCUT2D eigenvalue weighted by atomic mass is 9.80. The number of nitrogens with zero attached hydrogens (tertiary/aromatic N) is 1. The van der Waals surface area contributed by atoms with E-state index in [0.29, 0.717) is 5.41 Å². The number of terminal acetylenes is 1. The Hall–Kier alpha value is -1.68. The average molecular weight is 340 g/mol. The number of hydrogen-bond donors (Lipinski definition) is 0. The van der Waals surface area contributed by atoms with Crippen LogP contribution >= 0.6 is 0 Å². The van der Waals surface area contributed by atoms with E-state index in [1.807, 2.05) is 0 Å². The lowest BCUT2D eigenvalue weighted by Gasteiger charge is -2.28. The SMILES string of the molecule is C#CC(=C)N(CCCCC(C)(CC)CC)c1ccc(C(C)(C)C)cc1. The van der Waals surface area contributed by atoms with E-state index in [0.717, 1.165) is 24.4 Å². The molecule has 0 heterocycles. The van der Waals surface area contributed by atoms with Gasteiger partial charge in [0.2, 0.25) is 0 Å². The van der Waals surface area contributed by atoms with Crippen molar-refractivity contribution in [2.45, 2.75) is 79.1 Å². The zero-order valence-corrected chi connectivity index (χ0v) is 17.3. The Kier molecular flexibility index (Phi) is 7.81. The monoisotopic (exact) mass is 339 g/mol.